The molecule has 1 fully saturated rings. The first kappa shape index (κ1) is 22.8. The van der Waals surface area contributed by atoms with E-state index in [1.54, 1.807) is 30.5 Å². The number of amides is 1. The second-order valence-corrected chi connectivity index (χ2v) is 7.70. The van der Waals surface area contributed by atoms with Gasteiger partial charge in [0.05, 0.1) is 23.6 Å². The molecule has 1 saturated heterocycles. The summed E-state index contributed by atoms with van der Waals surface area (Å²) in [5.74, 6) is 0.302. The predicted molar refractivity (Wildman–Crippen MR) is 114 cm³/mol. The van der Waals surface area contributed by atoms with Gasteiger partial charge in [-0.25, -0.2) is 4.68 Å². The third-order valence-corrected chi connectivity index (χ3v) is 5.27. The van der Waals surface area contributed by atoms with Crippen LogP contribution in [-0.2, 0) is 15.7 Å². The zero-order chi connectivity index (χ0) is 23.3. The summed E-state index contributed by atoms with van der Waals surface area (Å²) < 4.78 is 50.8. The summed E-state index contributed by atoms with van der Waals surface area (Å²) in [6.07, 6.45) is 0.433. The molecule has 1 N–H and O–H groups in total. The van der Waals surface area contributed by atoms with E-state index in [1.165, 1.54) is 16.8 Å². The molecule has 0 radical (unpaired) electrons. The maximum absolute atomic E-state index is 12.7. The quantitative estimate of drug-likeness (QED) is 0.576. The van der Waals surface area contributed by atoms with Gasteiger partial charge in [0.15, 0.2) is 6.61 Å². The molecule has 0 aliphatic carbocycles. The van der Waals surface area contributed by atoms with Crippen LogP contribution >= 0.6 is 0 Å². The van der Waals surface area contributed by atoms with Gasteiger partial charge in [0, 0.05) is 18.7 Å². The largest absolute Gasteiger partial charge is 0.484 e. The number of nitrogens with zero attached hydrogens (tertiary/aromatic N) is 3. The van der Waals surface area contributed by atoms with Gasteiger partial charge in [0.25, 0.3) is 5.91 Å². The average molecular weight is 460 g/mol. The van der Waals surface area contributed by atoms with Gasteiger partial charge in [-0.3, -0.25) is 4.79 Å². The van der Waals surface area contributed by atoms with Crippen LogP contribution in [0.15, 0.2) is 54.7 Å². The van der Waals surface area contributed by atoms with Crippen LogP contribution in [0, 0.1) is 0 Å². The molecule has 7 nitrogen and oxygen atoms in total. The molecule has 1 atom stereocenters. The van der Waals surface area contributed by atoms with Crippen LogP contribution in [-0.4, -0.2) is 46.8 Å². The highest BCUT2D eigenvalue weighted by Gasteiger charge is 2.30. The van der Waals surface area contributed by atoms with Crippen LogP contribution in [0.5, 0.6) is 5.75 Å². The lowest BCUT2D eigenvalue weighted by Crippen LogP contribution is -2.37. The second kappa shape index (κ2) is 10.0. The topological polar surface area (TPSA) is 78.3 Å². The van der Waals surface area contributed by atoms with Crippen LogP contribution < -0.4 is 10.1 Å². The van der Waals surface area contributed by atoms with Gasteiger partial charge < -0.3 is 14.8 Å². The molecular formula is C23H23F3N4O3. The van der Waals surface area contributed by atoms with E-state index in [0.717, 1.165) is 38.0 Å². The highest BCUT2D eigenvalue weighted by Crippen LogP contribution is 2.30. The maximum Gasteiger partial charge on any atom is 0.416 e. The molecule has 2 aromatic carbocycles. The fraction of sp³-hybridized carbons (Fsp3) is 0.348. The Morgan fingerprint density at radius 3 is 2.55 bits per heavy atom. The Hall–Kier alpha value is -3.40. The summed E-state index contributed by atoms with van der Waals surface area (Å²) in [7, 11) is 0. The molecule has 1 aromatic heterocycles. The second-order valence-electron chi connectivity index (χ2n) is 7.70. The van der Waals surface area contributed by atoms with Gasteiger partial charge in [-0.05, 0) is 55.7 Å². The molecule has 1 aliphatic rings. The molecule has 10 heteroatoms. The smallest absolute Gasteiger partial charge is 0.416 e. The van der Waals surface area contributed by atoms with Crippen molar-refractivity contribution in [1.29, 1.82) is 0 Å². The molecule has 4 rings (SSSR count). The van der Waals surface area contributed by atoms with Crippen molar-refractivity contribution in [2.24, 2.45) is 0 Å². The van der Waals surface area contributed by atoms with Gasteiger partial charge in [0.1, 0.15) is 11.4 Å². The lowest BCUT2D eigenvalue weighted by atomic mass is 10.1. The van der Waals surface area contributed by atoms with Crippen LogP contribution in [0.4, 0.5) is 13.2 Å². The first-order valence-corrected chi connectivity index (χ1v) is 10.6. The van der Waals surface area contributed by atoms with Crippen molar-refractivity contribution in [3.8, 4) is 22.7 Å². The van der Waals surface area contributed by atoms with Crippen LogP contribution in [0.2, 0.25) is 0 Å². The number of hydrogen-bond acceptors (Lipinski definition) is 5. The van der Waals surface area contributed by atoms with Crippen molar-refractivity contribution in [2.45, 2.75) is 31.5 Å². The van der Waals surface area contributed by atoms with E-state index in [9.17, 15) is 18.0 Å². The number of hydrogen-bond donors (Lipinski definition) is 1. The van der Waals surface area contributed by atoms with E-state index < -0.39 is 11.7 Å². The Morgan fingerprint density at radius 2 is 1.88 bits per heavy atom. The SMILES string of the molecule is O=C(COc1ccc(-n2cc(-c3ccc(C(F)(F)F)cc3)nn2)cc1)NCC1CCCCO1. The Morgan fingerprint density at radius 1 is 1.12 bits per heavy atom. The van der Waals surface area contributed by atoms with Crippen LogP contribution in [0.3, 0.4) is 0 Å². The minimum atomic E-state index is -4.38. The zero-order valence-electron chi connectivity index (χ0n) is 17.7. The Balaban J connectivity index is 1.30. The van der Waals surface area contributed by atoms with Gasteiger partial charge in [-0.1, -0.05) is 17.3 Å². The van der Waals surface area contributed by atoms with Gasteiger partial charge >= 0.3 is 6.18 Å². The third-order valence-electron chi connectivity index (χ3n) is 5.27. The number of ether oxygens (including phenoxy) is 2. The third kappa shape index (κ3) is 6.10. The summed E-state index contributed by atoms with van der Waals surface area (Å²) in [5, 5.41) is 10.9. The fourth-order valence-electron chi connectivity index (χ4n) is 3.44. The molecule has 1 amide bonds. The number of aromatic nitrogens is 3. The van der Waals surface area contributed by atoms with Crippen molar-refractivity contribution >= 4 is 5.91 Å². The van der Waals surface area contributed by atoms with Crippen molar-refractivity contribution in [3.05, 3.63) is 60.3 Å². The molecule has 174 valence electrons. The molecule has 2 heterocycles. The molecule has 0 bridgehead atoms. The minimum absolute atomic E-state index is 0.0668. The number of carbonyl (C=O) groups excluding carboxylic acids is 1. The normalized spacial score (nSPS) is 16.4. The molecular weight excluding hydrogens is 437 g/mol. The number of halogens is 3. The summed E-state index contributed by atoms with van der Waals surface area (Å²) in [4.78, 5) is 12.0. The Bertz CT molecular complexity index is 1060. The van der Waals surface area contributed by atoms with Crippen molar-refractivity contribution in [3.63, 3.8) is 0 Å². The summed E-state index contributed by atoms with van der Waals surface area (Å²) in [6.45, 7) is 1.11. The summed E-state index contributed by atoms with van der Waals surface area (Å²) in [6, 6.07) is 11.6. The first-order chi connectivity index (χ1) is 15.9. The van der Waals surface area contributed by atoms with Crippen LogP contribution in [0.1, 0.15) is 24.8 Å². The minimum Gasteiger partial charge on any atom is -0.484 e. The van der Waals surface area contributed by atoms with Crippen molar-refractivity contribution in [2.75, 3.05) is 19.8 Å². The Labute approximate surface area is 188 Å². The van der Waals surface area contributed by atoms with E-state index in [4.69, 9.17) is 9.47 Å². The molecule has 1 unspecified atom stereocenters. The number of nitrogens with one attached hydrogen (secondary N) is 1. The summed E-state index contributed by atoms with van der Waals surface area (Å²) in [5.41, 5.74) is 0.943. The molecule has 33 heavy (non-hydrogen) atoms. The number of rotatable bonds is 7. The van der Waals surface area contributed by atoms with E-state index in [1.807, 2.05) is 0 Å². The fourth-order valence-corrected chi connectivity index (χ4v) is 3.44. The summed E-state index contributed by atoms with van der Waals surface area (Å²) >= 11 is 0. The first-order valence-electron chi connectivity index (χ1n) is 10.6. The number of benzene rings is 2. The molecule has 0 saturated carbocycles. The van der Waals surface area contributed by atoms with E-state index >= 15 is 0 Å². The van der Waals surface area contributed by atoms with Crippen LogP contribution in [0.25, 0.3) is 16.9 Å². The highest BCUT2D eigenvalue weighted by molar-refractivity contribution is 5.77. The van der Waals surface area contributed by atoms with E-state index in [0.29, 0.717) is 29.2 Å². The lowest BCUT2D eigenvalue weighted by Gasteiger charge is -2.22. The average Bonchev–Trinajstić information content (AvgIpc) is 3.32. The Kier molecular flexibility index (Phi) is 6.93. The van der Waals surface area contributed by atoms with Gasteiger partial charge in [0.2, 0.25) is 0 Å². The monoisotopic (exact) mass is 460 g/mol. The van der Waals surface area contributed by atoms with E-state index in [-0.39, 0.29) is 18.6 Å². The van der Waals surface area contributed by atoms with Crippen molar-refractivity contribution in [1.82, 2.24) is 20.3 Å². The molecule has 1 aliphatic heterocycles. The van der Waals surface area contributed by atoms with E-state index in [2.05, 4.69) is 15.6 Å². The number of carbonyl (C=O) groups is 1. The van der Waals surface area contributed by atoms with Crippen molar-refractivity contribution < 1.29 is 27.4 Å². The molecule has 3 aromatic rings. The standard InChI is InChI=1S/C23H23F3N4O3/c24-23(25,26)17-6-4-16(5-7-17)21-14-30(29-28-21)18-8-10-19(11-9-18)33-15-22(31)27-13-20-3-1-2-12-32-20/h4-11,14,20H,1-3,12-13,15H2,(H,27,31). The highest BCUT2D eigenvalue weighted by atomic mass is 19.4. The zero-order valence-corrected chi connectivity index (χ0v) is 17.7. The lowest BCUT2D eigenvalue weighted by molar-refractivity contribution is -0.137. The molecule has 0 spiro atoms. The maximum atomic E-state index is 12.7. The van der Waals surface area contributed by atoms with Gasteiger partial charge in [-0.2, -0.15) is 13.2 Å². The van der Waals surface area contributed by atoms with Gasteiger partial charge in [-0.15, -0.1) is 5.10 Å². The predicted octanol–water partition coefficient (Wildman–Crippen LogP) is 4.02. The number of alkyl halides is 3.